The summed E-state index contributed by atoms with van der Waals surface area (Å²) in [5.41, 5.74) is 0.227. The van der Waals surface area contributed by atoms with Crippen molar-refractivity contribution in [3.05, 3.63) is 17.5 Å². The molecule has 0 saturated heterocycles. The van der Waals surface area contributed by atoms with Crippen molar-refractivity contribution in [1.82, 2.24) is 10.1 Å². The van der Waals surface area contributed by atoms with Gasteiger partial charge in [0, 0.05) is 26.8 Å². The number of amides is 1. The minimum Gasteiger partial charge on any atom is -0.377 e. The lowest BCUT2D eigenvalue weighted by atomic mass is 10.2. The summed E-state index contributed by atoms with van der Waals surface area (Å²) in [5.74, 6) is 0.0186. The first kappa shape index (κ1) is 13.2. The summed E-state index contributed by atoms with van der Waals surface area (Å²) in [7, 11) is 3.16. The van der Waals surface area contributed by atoms with Gasteiger partial charge in [-0.15, -0.1) is 0 Å². The van der Waals surface area contributed by atoms with Crippen LogP contribution in [0, 0.1) is 17.2 Å². The molecule has 17 heavy (non-hydrogen) atoms. The van der Waals surface area contributed by atoms with E-state index in [9.17, 15) is 4.79 Å². The number of nitriles is 1. The Balaban J connectivity index is 2.65. The Morgan fingerprint density at radius 2 is 2.47 bits per heavy atom. The predicted octanol–water partition coefficient (Wildman–Crippen LogP) is 1.05. The lowest BCUT2D eigenvalue weighted by Gasteiger charge is -2.16. The van der Waals surface area contributed by atoms with Crippen LogP contribution in [-0.2, 0) is 11.3 Å². The van der Waals surface area contributed by atoms with Gasteiger partial charge in [0.1, 0.15) is 6.61 Å². The molecule has 0 spiro atoms. The van der Waals surface area contributed by atoms with E-state index in [-0.39, 0.29) is 24.1 Å². The van der Waals surface area contributed by atoms with Crippen LogP contribution < -0.4 is 0 Å². The van der Waals surface area contributed by atoms with E-state index in [0.29, 0.717) is 12.3 Å². The predicted molar refractivity (Wildman–Crippen MR) is 59.0 cm³/mol. The average molecular weight is 237 g/mol. The molecule has 0 saturated carbocycles. The Labute approximate surface area is 99.7 Å². The van der Waals surface area contributed by atoms with Crippen molar-refractivity contribution in [3.63, 3.8) is 0 Å². The Bertz CT molecular complexity index is 422. The van der Waals surface area contributed by atoms with Gasteiger partial charge in [-0.2, -0.15) is 5.26 Å². The van der Waals surface area contributed by atoms with Crippen LogP contribution in [0.1, 0.15) is 23.2 Å². The van der Waals surface area contributed by atoms with Gasteiger partial charge in [0.05, 0.1) is 12.0 Å². The Hall–Kier alpha value is -1.87. The van der Waals surface area contributed by atoms with Crippen LogP contribution in [-0.4, -0.2) is 36.7 Å². The van der Waals surface area contributed by atoms with Gasteiger partial charge in [-0.05, 0) is 6.92 Å². The van der Waals surface area contributed by atoms with Gasteiger partial charge < -0.3 is 14.2 Å². The molecule has 1 amide bonds. The summed E-state index contributed by atoms with van der Waals surface area (Å²) in [5, 5.41) is 12.3. The van der Waals surface area contributed by atoms with E-state index in [2.05, 4.69) is 11.2 Å². The van der Waals surface area contributed by atoms with Crippen molar-refractivity contribution < 1.29 is 14.1 Å². The fourth-order valence-electron chi connectivity index (χ4n) is 1.35. The van der Waals surface area contributed by atoms with Gasteiger partial charge in [0.15, 0.2) is 11.5 Å². The van der Waals surface area contributed by atoms with Gasteiger partial charge in [-0.1, -0.05) is 5.16 Å². The second-order valence-corrected chi connectivity index (χ2v) is 3.83. The van der Waals surface area contributed by atoms with Crippen molar-refractivity contribution in [1.29, 1.82) is 5.26 Å². The Morgan fingerprint density at radius 3 is 3.06 bits per heavy atom. The van der Waals surface area contributed by atoms with Crippen LogP contribution in [0.15, 0.2) is 10.6 Å². The highest BCUT2D eigenvalue weighted by atomic mass is 16.5. The van der Waals surface area contributed by atoms with E-state index in [1.165, 1.54) is 12.0 Å². The van der Waals surface area contributed by atoms with Crippen LogP contribution >= 0.6 is 0 Å². The van der Waals surface area contributed by atoms with Gasteiger partial charge in [-0.3, -0.25) is 4.79 Å². The van der Waals surface area contributed by atoms with Crippen molar-refractivity contribution in [2.45, 2.75) is 13.5 Å². The van der Waals surface area contributed by atoms with Gasteiger partial charge >= 0.3 is 0 Å². The third-order valence-electron chi connectivity index (χ3n) is 2.18. The molecule has 1 rings (SSSR count). The fourth-order valence-corrected chi connectivity index (χ4v) is 1.35. The molecule has 1 aromatic heterocycles. The van der Waals surface area contributed by atoms with Crippen LogP contribution in [0.4, 0.5) is 0 Å². The number of methoxy groups -OCH3 is 1. The highest BCUT2D eigenvalue weighted by molar-refractivity contribution is 5.92. The zero-order valence-corrected chi connectivity index (χ0v) is 10.1. The summed E-state index contributed by atoms with van der Waals surface area (Å²) < 4.78 is 9.78. The molecule has 92 valence electrons. The van der Waals surface area contributed by atoms with Crippen molar-refractivity contribution in [2.24, 2.45) is 5.92 Å². The second kappa shape index (κ2) is 6.01. The highest BCUT2D eigenvalue weighted by Gasteiger charge is 2.18. The van der Waals surface area contributed by atoms with E-state index in [1.807, 2.05) is 0 Å². The summed E-state index contributed by atoms with van der Waals surface area (Å²) in [6.07, 6.45) is 0. The molecular weight excluding hydrogens is 222 g/mol. The molecule has 0 aliphatic heterocycles. The molecule has 6 heteroatoms. The van der Waals surface area contributed by atoms with Crippen molar-refractivity contribution in [2.75, 3.05) is 20.7 Å². The first-order valence-electron chi connectivity index (χ1n) is 5.18. The SMILES string of the molecule is COCc1cc(C(=O)N(C)CC(C)C#N)no1. The molecule has 1 unspecified atom stereocenters. The Kier molecular flexibility index (Phi) is 4.67. The van der Waals surface area contributed by atoms with Gasteiger partial charge in [0.25, 0.3) is 5.91 Å². The molecule has 0 aliphatic rings. The first-order chi connectivity index (χ1) is 8.08. The molecule has 1 heterocycles. The maximum absolute atomic E-state index is 11.9. The molecular formula is C11H15N3O3. The number of hydrogen-bond acceptors (Lipinski definition) is 5. The topological polar surface area (TPSA) is 79.4 Å². The third kappa shape index (κ3) is 3.57. The second-order valence-electron chi connectivity index (χ2n) is 3.83. The number of aromatic nitrogens is 1. The highest BCUT2D eigenvalue weighted by Crippen LogP contribution is 2.08. The quantitative estimate of drug-likeness (QED) is 0.764. The number of carbonyl (C=O) groups excluding carboxylic acids is 1. The third-order valence-corrected chi connectivity index (χ3v) is 2.18. The maximum Gasteiger partial charge on any atom is 0.275 e. The maximum atomic E-state index is 11.9. The molecule has 0 radical (unpaired) electrons. The fraction of sp³-hybridized carbons (Fsp3) is 0.545. The number of nitrogens with zero attached hydrogens (tertiary/aromatic N) is 3. The summed E-state index contributed by atoms with van der Waals surface area (Å²) in [6, 6.07) is 3.61. The molecule has 0 aromatic carbocycles. The summed E-state index contributed by atoms with van der Waals surface area (Å²) >= 11 is 0. The Morgan fingerprint density at radius 1 is 1.76 bits per heavy atom. The standard InChI is InChI=1S/C11H15N3O3/c1-8(5-12)6-14(2)11(15)10-4-9(7-16-3)17-13-10/h4,8H,6-7H2,1-3H3. The molecule has 0 fully saturated rings. The van der Waals surface area contributed by atoms with Crippen LogP contribution in [0.3, 0.4) is 0 Å². The monoisotopic (exact) mass is 237 g/mol. The van der Waals surface area contributed by atoms with E-state index in [4.69, 9.17) is 14.5 Å². The number of rotatable bonds is 5. The zero-order valence-electron chi connectivity index (χ0n) is 10.1. The van der Waals surface area contributed by atoms with Crippen LogP contribution in [0.25, 0.3) is 0 Å². The number of ether oxygens (including phenoxy) is 1. The summed E-state index contributed by atoms with van der Waals surface area (Å²) in [6.45, 7) is 2.39. The summed E-state index contributed by atoms with van der Waals surface area (Å²) in [4.78, 5) is 13.3. The zero-order chi connectivity index (χ0) is 12.8. The average Bonchev–Trinajstić information content (AvgIpc) is 2.76. The lowest BCUT2D eigenvalue weighted by molar-refractivity contribution is 0.0774. The largest absolute Gasteiger partial charge is 0.377 e. The molecule has 0 N–H and O–H groups in total. The van der Waals surface area contributed by atoms with Gasteiger partial charge in [0.2, 0.25) is 0 Å². The van der Waals surface area contributed by atoms with E-state index >= 15 is 0 Å². The lowest BCUT2D eigenvalue weighted by Crippen LogP contribution is -2.30. The van der Waals surface area contributed by atoms with Crippen LogP contribution in [0.2, 0.25) is 0 Å². The van der Waals surface area contributed by atoms with Crippen molar-refractivity contribution >= 4 is 5.91 Å². The molecule has 0 aliphatic carbocycles. The minimum atomic E-state index is -0.266. The smallest absolute Gasteiger partial charge is 0.275 e. The van der Waals surface area contributed by atoms with Gasteiger partial charge in [-0.25, -0.2) is 0 Å². The van der Waals surface area contributed by atoms with E-state index in [0.717, 1.165) is 0 Å². The number of hydrogen-bond donors (Lipinski definition) is 0. The normalized spacial score (nSPS) is 11.9. The number of carbonyl (C=O) groups is 1. The molecule has 0 bridgehead atoms. The van der Waals surface area contributed by atoms with Crippen LogP contribution in [0.5, 0.6) is 0 Å². The minimum absolute atomic E-state index is 0.214. The molecule has 1 aromatic rings. The first-order valence-corrected chi connectivity index (χ1v) is 5.18. The molecule has 6 nitrogen and oxygen atoms in total. The van der Waals surface area contributed by atoms with E-state index < -0.39 is 0 Å². The molecule has 1 atom stereocenters. The van der Waals surface area contributed by atoms with E-state index in [1.54, 1.807) is 20.0 Å². The van der Waals surface area contributed by atoms with Crippen molar-refractivity contribution in [3.8, 4) is 6.07 Å².